The Balaban J connectivity index is 0. The van der Waals surface area contributed by atoms with Crippen LogP contribution in [0.15, 0.2) is 0 Å². The second-order valence-electron chi connectivity index (χ2n) is 0. The second kappa shape index (κ2) is 16.1. The summed E-state index contributed by atoms with van der Waals surface area (Å²) in [5.74, 6) is 0. The van der Waals surface area contributed by atoms with Crippen LogP contribution in [0.4, 0.5) is 0 Å². The van der Waals surface area contributed by atoms with Crippen LogP contribution in [-0.4, -0.2) is 91.9 Å². The minimum Gasteiger partial charge on any atom is 0 e. The fourth-order valence-electron chi connectivity index (χ4n) is 0. The van der Waals surface area contributed by atoms with E-state index in [4.69, 9.17) is 0 Å². The standard InChI is InChI=1S/K.Na.Si.V. The Morgan fingerprint density at radius 1 is 1.00 bits per heavy atom. The van der Waals surface area contributed by atoms with Crippen LogP contribution >= 0.6 is 0 Å². The summed E-state index contributed by atoms with van der Waals surface area (Å²) in [6.45, 7) is 0. The van der Waals surface area contributed by atoms with E-state index in [0.29, 0.717) is 0 Å². The van der Waals surface area contributed by atoms with Gasteiger partial charge in [0.1, 0.15) is 0 Å². The van der Waals surface area contributed by atoms with Gasteiger partial charge in [-0.3, -0.25) is 0 Å². The van der Waals surface area contributed by atoms with E-state index >= 15 is 0 Å². The zero-order valence-electron chi connectivity index (χ0n) is 2.95. The van der Waals surface area contributed by atoms with Crippen molar-refractivity contribution in [3.05, 3.63) is 0 Å². The van der Waals surface area contributed by atoms with Crippen molar-refractivity contribution in [1.82, 2.24) is 0 Å². The van der Waals surface area contributed by atoms with Crippen LogP contribution in [0.5, 0.6) is 0 Å². The summed E-state index contributed by atoms with van der Waals surface area (Å²) >= 11 is 0. The Morgan fingerprint density at radius 2 is 1.00 bits per heavy atom. The average molecular weight is 141 g/mol. The van der Waals surface area contributed by atoms with Crippen LogP contribution in [0.3, 0.4) is 0 Å². The Kier molecular flexibility index (Phi) is 105. The van der Waals surface area contributed by atoms with Crippen LogP contribution < -0.4 is 0 Å². The summed E-state index contributed by atoms with van der Waals surface area (Å²) in [7, 11) is 0. The summed E-state index contributed by atoms with van der Waals surface area (Å²) in [5.41, 5.74) is 0. The molecule has 11 valence electrons. The molecule has 0 aromatic carbocycles. The molecule has 7 radical (unpaired) electrons. The molecule has 0 aromatic rings. The molecule has 0 saturated carbocycles. The molecule has 0 rings (SSSR count). The largest absolute Gasteiger partial charge is 0 e. The van der Waals surface area contributed by atoms with Crippen molar-refractivity contribution in [1.29, 1.82) is 0 Å². The number of hydrogen-bond donors (Lipinski definition) is 0. The first kappa shape index (κ1) is 26.1. The van der Waals surface area contributed by atoms with Crippen molar-refractivity contribution in [2.45, 2.75) is 0 Å². The summed E-state index contributed by atoms with van der Waals surface area (Å²) in [6, 6.07) is 0. The Morgan fingerprint density at radius 3 is 1.00 bits per heavy atom. The van der Waals surface area contributed by atoms with Crippen LogP contribution in [0.25, 0.3) is 0 Å². The van der Waals surface area contributed by atoms with E-state index in [1.54, 1.807) is 0 Å². The van der Waals surface area contributed by atoms with Gasteiger partial charge >= 0.3 is 0 Å². The van der Waals surface area contributed by atoms with Crippen LogP contribution in [0.2, 0.25) is 0 Å². The van der Waals surface area contributed by atoms with E-state index in [-0.39, 0.29) is 110 Å². The molecule has 0 atom stereocenters. The summed E-state index contributed by atoms with van der Waals surface area (Å²) < 4.78 is 0. The second-order valence-corrected chi connectivity index (χ2v) is 0. The van der Waals surface area contributed by atoms with Crippen molar-refractivity contribution in [2.24, 2.45) is 0 Å². The van der Waals surface area contributed by atoms with E-state index in [2.05, 4.69) is 0 Å². The van der Waals surface area contributed by atoms with Gasteiger partial charge in [0.25, 0.3) is 0 Å². The van der Waals surface area contributed by atoms with Crippen molar-refractivity contribution >= 4 is 91.9 Å². The fraction of sp³-hybridized carbons (Fsp3) is 0. The monoisotopic (exact) mass is 141 g/mol. The maximum Gasteiger partial charge on any atom is 0 e. The third-order valence-electron chi connectivity index (χ3n) is 0. The Bertz CT molecular complexity index is 8.00. The zero-order chi connectivity index (χ0) is 0. The summed E-state index contributed by atoms with van der Waals surface area (Å²) in [4.78, 5) is 0. The van der Waals surface area contributed by atoms with E-state index in [1.165, 1.54) is 0 Å². The smallest absolute Gasteiger partial charge is 0 e. The molecule has 4 heavy (non-hydrogen) atoms. The quantitative estimate of drug-likeness (QED) is 0.374. The van der Waals surface area contributed by atoms with Gasteiger partial charge in [0.2, 0.25) is 0 Å². The van der Waals surface area contributed by atoms with E-state index in [0.717, 1.165) is 0 Å². The molecular formula is KNaSiV. The average Bonchev–Trinajstić information content (AvgIpc) is 0. The van der Waals surface area contributed by atoms with Crippen LogP contribution in [0, 0.1) is 0 Å². The van der Waals surface area contributed by atoms with Crippen LogP contribution in [0.1, 0.15) is 0 Å². The van der Waals surface area contributed by atoms with Crippen LogP contribution in [-0.2, 0) is 18.6 Å². The molecule has 0 aliphatic heterocycles. The Labute approximate surface area is 107 Å². The SMILES string of the molecule is [K].[Na].[Si].[V]. The molecule has 0 unspecified atom stereocenters. The number of rotatable bonds is 0. The first-order chi connectivity index (χ1) is 0. The molecule has 0 nitrogen and oxygen atoms in total. The maximum atomic E-state index is 0. The van der Waals surface area contributed by atoms with Gasteiger partial charge in [-0.05, 0) is 0 Å². The van der Waals surface area contributed by atoms with E-state index in [9.17, 15) is 0 Å². The predicted octanol–water partition coefficient (Wildman–Crippen LogP) is -1.14. The van der Waals surface area contributed by atoms with Crippen molar-refractivity contribution < 1.29 is 18.6 Å². The van der Waals surface area contributed by atoms with Crippen molar-refractivity contribution in [2.75, 3.05) is 0 Å². The molecule has 0 N–H and O–H groups in total. The van der Waals surface area contributed by atoms with Gasteiger partial charge in [0.15, 0.2) is 0 Å². The third kappa shape index (κ3) is 9.06. The van der Waals surface area contributed by atoms with Gasteiger partial charge in [0.05, 0.1) is 0 Å². The van der Waals surface area contributed by atoms with Gasteiger partial charge in [-0.25, -0.2) is 0 Å². The molecule has 0 saturated heterocycles. The van der Waals surface area contributed by atoms with E-state index in [1.807, 2.05) is 0 Å². The third-order valence-corrected chi connectivity index (χ3v) is 0. The minimum absolute atomic E-state index is 0. The molecule has 0 bridgehead atoms. The maximum absolute atomic E-state index is 0. The predicted molar refractivity (Wildman–Crippen MR) is 17.3 cm³/mol. The molecule has 0 heterocycles. The zero-order valence-corrected chi connectivity index (χ0v) is 10.5. The minimum atomic E-state index is 0. The van der Waals surface area contributed by atoms with Gasteiger partial charge in [-0.15, -0.1) is 0 Å². The molecule has 0 amide bonds. The van der Waals surface area contributed by atoms with E-state index < -0.39 is 0 Å². The van der Waals surface area contributed by atoms with Gasteiger partial charge < -0.3 is 0 Å². The van der Waals surface area contributed by atoms with Gasteiger partial charge in [0, 0.05) is 110 Å². The fourth-order valence-corrected chi connectivity index (χ4v) is 0. The molecular weight excluding hydrogens is 141 g/mol. The summed E-state index contributed by atoms with van der Waals surface area (Å²) in [6.07, 6.45) is 0. The van der Waals surface area contributed by atoms with Crippen molar-refractivity contribution in [3.8, 4) is 0 Å². The molecule has 0 aromatic heterocycles. The van der Waals surface area contributed by atoms with Crippen molar-refractivity contribution in [3.63, 3.8) is 0 Å². The number of hydrogen-bond acceptors (Lipinski definition) is 0. The Hall–Kier alpha value is 3.44. The first-order valence-corrected chi connectivity index (χ1v) is 0. The molecule has 4 heteroatoms. The topological polar surface area (TPSA) is 0 Å². The first-order valence-electron chi connectivity index (χ1n) is 0. The summed E-state index contributed by atoms with van der Waals surface area (Å²) in [5, 5.41) is 0. The molecule has 0 aliphatic carbocycles. The molecule has 0 spiro atoms. The molecule has 0 fully saturated rings. The van der Waals surface area contributed by atoms with Gasteiger partial charge in [-0.2, -0.15) is 0 Å². The molecule has 0 aliphatic rings. The normalized spacial score (nSPS) is 0. The van der Waals surface area contributed by atoms with Gasteiger partial charge in [-0.1, -0.05) is 0 Å².